The molecule has 0 unspecified atom stereocenters. The Kier molecular flexibility index (Phi) is 4.38. The van der Waals surface area contributed by atoms with Crippen molar-refractivity contribution in [1.29, 1.82) is 0 Å². The number of aryl methyl sites for hydroxylation is 1. The van der Waals surface area contributed by atoms with E-state index in [-0.39, 0.29) is 5.56 Å². The van der Waals surface area contributed by atoms with Crippen LogP contribution in [0, 0.1) is 18.6 Å². The highest BCUT2D eigenvalue weighted by molar-refractivity contribution is 5.94. The Morgan fingerprint density at radius 3 is 2.57 bits per heavy atom. The van der Waals surface area contributed by atoms with Crippen molar-refractivity contribution in [1.82, 2.24) is 15.0 Å². The predicted octanol–water partition coefficient (Wildman–Crippen LogP) is 2.22. The predicted molar refractivity (Wildman–Crippen MR) is 78.8 cm³/mol. The molecule has 2 heterocycles. The summed E-state index contributed by atoms with van der Waals surface area (Å²) in [6.07, 6.45) is 0. The maximum Gasteiger partial charge on any atom is 0.256 e. The molecule has 122 valence electrons. The van der Waals surface area contributed by atoms with Crippen molar-refractivity contribution >= 4 is 5.91 Å². The summed E-state index contributed by atoms with van der Waals surface area (Å²) in [5, 5.41) is 3.84. The molecule has 2 aromatic rings. The molecule has 0 saturated carbocycles. The lowest BCUT2D eigenvalue weighted by atomic mass is 10.1. The van der Waals surface area contributed by atoms with Crippen LogP contribution in [0.1, 0.15) is 21.8 Å². The fraction of sp³-hybridized carbons (Fsp3) is 0.375. The summed E-state index contributed by atoms with van der Waals surface area (Å²) in [5.41, 5.74) is 0.742. The van der Waals surface area contributed by atoms with E-state index in [1.54, 1.807) is 4.90 Å². The molecule has 5 nitrogen and oxygen atoms in total. The molecule has 1 aliphatic rings. The second-order valence-corrected chi connectivity index (χ2v) is 5.63. The maximum absolute atomic E-state index is 13.7. The van der Waals surface area contributed by atoms with Crippen LogP contribution in [0.2, 0.25) is 0 Å². The zero-order valence-electron chi connectivity index (χ0n) is 12.8. The van der Waals surface area contributed by atoms with Crippen LogP contribution >= 0.6 is 0 Å². The molecular weight excluding hydrogens is 304 g/mol. The van der Waals surface area contributed by atoms with Crippen molar-refractivity contribution in [3.63, 3.8) is 0 Å². The fourth-order valence-electron chi connectivity index (χ4n) is 2.65. The Morgan fingerprint density at radius 2 is 1.96 bits per heavy atom. The molecule has 3 rings (SSSR count). The van der Waals surface area contributed by atoms with Crippen LogP contribution in [-0.4, -0.2) is 47.0 Å². The van der Waals surface area contributed by atoms with E-state index in [0.29, 0.717) is 32.7 Å². The number of carbonyl (C=O) groups excluding carboxylic acids is 1. The van der Waals surface area contributed by atoms with Crippen LogP contribution in [0.15, 0.2) is 28.8 Å². The van der Waals surface area contributed by atoms with E-state index in [4.69, 9.17) is 4.52 Å². The Balaban J connectivity index is 1.59. The summed E-state index contributed by atoms with van der Waals surface area (Å²) in [4.78, 5) is 16.0. The summed E-state index contributed by atoms with van der Waals surface area (Å²) >= 11 is 0. The van der Waals surface area contributed by atoms with Gasteiger partial charge in [0.25, 0.3) is 5.91 Å². The number of piperazine rings is 1. The van der Waals surface area contributed by atoms with Gasteiger partial charge in [-0.25, -0.2) is 8.78 Å². The number of halogens is 2. The van der Waals surface area contributed by atoms with Gasteiger partial charge in [-0.3, -0.25) is 9.69 Å². The first-order valence-electron chi connectivity index (χ1n) is 7.42. The summed E-state index contributed by atoms with van der Waals surface area (Å²) in [6, 6.07) is 4.90. The van der Waals surface area contributed by atoms with Crippen LogP contribution < -0.4 is 0 Å². The van der Waals surface area contributed by atoms with E-state index in [2.05, 4.69) is 10.1 Å². The minimum atomic E-state index is -0.824. The number of rotatable bonds is 3. The normalized spacial score (nSPS) is 15.9. The summed E-state index contributed by atoms with van der Waals surface area (Å²) in [6.45, 7) is 4.79. The smallest absolute Gasteiger partial charge is 0.256 e. The lowest BCUT2D eigenvalue weighted by molar-refractivity contribution is 0.0613. The number of amides is 1. The van der Waals surface area contributed by atoms with Crippen molar-refractivity contribution in [2.45, 2.75) is 13.5 Å². The highest BCUT2D eigenvalue weighted by Gasteiger charge is 2.24. The Bertz CT molecular complexity index is 709. The maximum atomic E-state index is 13.7. The minimum absolute atomic E-state index is 0.0919. The molecule has 0 atom stereocenters. The van der Waals surface area contributed by atoms with Gasteiger partial charge in [-0.05, 0) is 19.1 Å². The Morgan fingerprint density at radius 1 is 1.22 bits per heavy atom. The molecule has 1 aromatic heterocycles. The molecule has 1 fully saturated rings. The van der Waals surface area contributed by atoms with Crippen LogP contribution in [0.5, 0.6) is 0 Å². The summed E-state index contributed by atoms with van der Waals surface area (Å²) < 4.78 is 31.8. The molecule has 1 aliphatic heterocycles. The average Bonchev–Trinajstić information content (AvgIpc) is 2.92. The van der Waals surface area contributed by atoms with Gasteiger partial charge in [0, 0.05) is 38.3 Å². The first-order valence-corrected chi connectivity index (χ1v) is 7.42. The quantitative estimate of drug-likeness (QED) is 0.870. The first kappa shape index (κ1) is 15.6. The lowest BCUT2D eigenvalue weighted by Gasteiger charge is -2.34. The van der Waals surface area contributed by atoms with Gasteiger partial charge < -0.3 is 9.42 Å². The van der Waals surface area contributed by atoms with Crippen molar-refractivity contribution in [2.75, 3.05) is 26.2 Å². The molecular formula is C16H17F2N3O2. The standard InChI is InChI=1S/C16H17F2N3O2/c1-11-8-13(23-19-11)10-20-4-6-21(7-5-20)16(22)14-3-2-12(17)9-15(14)18/h2-3,8-9H,4-7,10H2,1H3. The van der Waals surface area contributed by atoms with Gasteiger partial charge in [0.15, 0.2) is 5.76 Å². The molecule has 1 aromatic carbocycles. The number of nitrogens with zero attached hydrogens (tertiary/aromatic N) is 3. The van der Waals surface area contributed by atoms with Crippen LogP contribution in [-0.2, 0) is 6.54 Å². The number of aromatic nitrogens is 1. The number of hydrogen-bond acceptors (Lipinski definition) is 4. The fourth-order valence-corrected chi connectivity index (χ4v) is 2.65. The SMILES string of the molecule is Cc1cc(CN2CCN(C(=O)c3ccc(F)cc3F)CC2)on1. The van der Waals surface area contributed by atoms with E-state index >= 15 is 0 Å². The van der Waals surface area contributed by atoms with E-state index in [0.717, 1.165) is 23.6 Å². The molecule has 0 radical (unpaired) electrons. The number of benzene rings is 1. The highest BCUT2D eigenvalue weighted by Crippen LogP contribution is 2.15. The number of hydrogen-bond donors (Lipinski definition) is 0. The van der Waals surface area contributed by atoms with E-state index in [9.17, 15) is 13.6 Å². The van der Waals surface area contributed by atoms with Crippen LogP contribution in [0.3, 0.4) is 0 Å². The van der Waals surface area contributed by atoms with Crippen LogP contribution in [0.25, 0.3) is 0 Å². The van der Waals surface area contributed by atoms with Crippen molar-refractivity contribution in [3.05, 3.63) is 52.9 Å². The van der Waals surface area contributed by atoms with Crippen molar-refractivity contribution in [2.24, 2.45) is 0 Å². The zero-order valence-corrected chi connectivity index (χ0v) is 12.8. The van der Waals surface area contributed by atoms with E-state index in [1.807, 2.05) is 13.0 Å². The molecule has 1 saturated heterocycles. The third-order valence-electron chi connectivity index (χ3n) is 3.88. The van der Waals surface area contributed by atoms with Gasteiger partial charge in [-0.2, -0.15) is 0 Å². The number of carbonyl (C=O) groups is 1. The summed E-state index contributed by atoms with van der Waals surface area (Å²) in [5.74, 6) is -1.13. The molecule has 0 bridgehead atoms. The van der Waals surface area contributed by atoms with Gasteiger partial charge in [0.05, 0.1) is 17.8 Å². The largest absolute Gasteiger partial charge is 0.360 e. The van der Waals surface area contributed by atoms with Crippen molar-refractivity contribution in [3.8, 4) is 0 Å². The molecule has 1 amide bonds. The lowest BCUT2D eigenvalue weighted by Crippen LogP contribution is -2.48. The Hall–Kier alpha value is -2.28. The molecule has 0 spiro atoms. The zero-order chi connectivity index (χ0) is 16.4. The second kappa shape index (κ2) is 6.45. The second-order valence-electron chi connectivity index (χ2n) is 5.63. The van der Waals surface area contributed by atoms with Gasteiger partial charge >= 0.3 is 0 Å². The molecule has 0 N–H and O–H groups in total. The topological polar surface area (TPSA) is 49.6 Å². The van der Waals surface area contributed by atoms with Gasteiger partial charge in [-0.1, -0.05) is 5.16 Å². The monoisotopic (exact) mass is 321 g/mol. The first-order chi connectivity index (χ1) is 11.0. The third kappa shape index (κ3) is 3.56. The van der Waals surface area contributed by atoms with Gasteiger partial charge in [-0.15, -0.1) is 0 Å². The average molecular weight is 321 g/mol. The molecule has 0 aliphatic carbocycles. The Labute approximate surface area is 132 Å². The van der Waals surface area contributed by atoms with Gasteiger partial charge in [0.2, 0.25) is 0 Å². The highest BCUT2D eigenvalue weighted by atomic mass is 19.1. The molecule has 23 heavy (non-hydrogen) atoms. The van der Waals surface area contributed by atoms with E-state index in [1.165, 1.54) is 6.07 Å². The van der Waals surface area contributed by atoms with Crippen molar-refractivity contribution < 1.29 is 18.1 Å². The third-order valence-corrected chi connectivity index (χ3v) is 3.88. The van der Waals surface area contributed by atoms with Gasteiger partial charge in [0.1, 0.15) is 11.6 Å². The minimum Gasteiger partial charge on any atom is -0.360 e. The molecule has 7 heteroatoms. The van der Waals surface area contributed by atoms with E-state index < -0.39 is 17.5 Å². The summed E-state index contributed by atoms with van der Waals surface area (Å²) in [7, 11) is 0. The van der Waals surface area contributed by atoms with Crippen LogP contribution in [0.4, 0.5) is 8.78 Å².